The van der Waals surface area contributed by atoms with Crippen LogP contribution in [0.1, 0.15) is 32.4 Å². The van der Waals surface area contributed by atoms with Crippen molar-refractivity contribution >= 4 is 0 Å². The van der Waals surface area contributed by atoms with E-state index in [0.717, 1.165) is 32.2 Å². The van der Waals surface area contributed by atoms with E-state index >= 15 is 0 Å². The Morgan fingerprint density at radius 3 is 2.17 bits per heavy atom. The fourth-order valence-electron chi connectivity index (χ4n) is 1.92. The van der Waals surface area contributed by atoms with Gasteiger partial charge in [0.1, 0.15) is 11.6 Å². The molecule has 0 aromatic heterocycles. The van der Waals surface area contributed by atoms with Crippen LogP contribution in [-0.4, -0.2) is 31.1 Å². The molecule has 1 aromatic carbocycles. The molecule has 1 unspecified atom stereocenters. The molecular weight excluding hydrogens is 234 g/mol. The highest BCUT2D eigenvalue weighted by Gasteiger charge is 2.08. The zero-order chi connectivity index (χ0) is 13.5. The average molecular weight is 256 g/mol. The molecule has 0 heterocycles. The molecule has 0 aliphatic heterocycles. The first-order valence-electron chi connectivity index (χ1n) is 6.48. The standard InChI is InChI=1S/C14H22F2N2/c1-4-18(5-2)7-6-17-11(3)12-8-13(15)10-14(16)9-12/h8-11,17H,4-7H2,1-3H3. The second-order valence-electron chi connectivity index (χ2n) is 4.41. The number of nitrogens with zero attached hydrogens (tertiary/aromatic N) is 1. The van der Waals surface area contributed by atoms with Gasteiger partial charge in [-0.2, -0.15) is 0 Å². The maximum Gasteiger partial charge on any atom is 0.126 e. The smallest absolute Gasteiger partial charge is 0.126 e. The molecule has 0 fully saturated rings. The van der Waals surface area contributed by atoms with E-state index in [4.69, 9.17) is 0 Å². The maximum absolute atomic E-state index is 13.1. The van der Waals surface area contributed by atoms with Crippen molar-refractivity contribution in [1.29, 1.82) is 0 Å². The van der Waals surface area contributed by atoms with Gasteiger partial charge in [0, 0.05) is 25.2 Å². The summed E-state index contributed by atoms with van der Waals surface area (Å²) < 4.78 is 26.1. The summed E-state index contributed by atoms with van der Waals surface area (Å²) in [7, 11) is 0. The summed E-state index contributed by atoms with van der Waals surface area (Å²) in [5.74, 6) is -1.05. The highest BCUT2D eigenvalue weighted by Crippen LogP contribution is 2.15. The van der Waals surface area contributed by atoms with E-state index in [1.165, 1.54) is 12.1 Å². The summed E-state index contributed by atoms with van der Waals surface area (Å²) in [5, 5.41) is 3.28. The first-order valence-corrected chi connectivity index (χ1v) is 6.48. The van der Waals surface area contributed by atoms with Crippen LogP contribution in [0.25, 0.3) is 0 Å². The molecule has 0 spiro atoms. The second-order valence-corrected chi connectivity index (χ2v) is 4.41. The van der Waals surface area contributed by atoms with E-state index in [1.54, 1.807) is 0 Å². The molecule has 0 saturated heterocycles. The topological polar surface area (TPSA) is 15.3 Å². The lowest BCUT2D eigenvalue weighted by Gasteiger charge is -2.20. The molecular formula is C14H22F2N2. The lowest BCUT2D eigenvalue weighted by Crippen LogP contribution is -2.33. The average Bonchev–Trinajstić information content (AvgIpc) is 2.33. The fourth-order valence-corrected chi connectivity index (χ4v) is 1.92. The van der Waals surface area contributed by atoms with Crippen LogP contribution in [0.2, 0.25) is 0 Å². The summed E-state index contributed by atoms with van der Waals surface area (Å²) in [6.45, 7) is 9.93. The van der Waals surface area contributed by atoms with E-state index in [-0.39, 0.29) is 6.04 Å². The van der Waals surface area contributed by atoms with Crippen molar-refractivity contribution in [3.8, 4) is 0 Å². The molecule has 0 saturated carbocycles. The molecule has 1 rings (SSSR count). The molecule has 0 aliphatic rings. The van der Waals surface area contributed by atoms with Crippen LogP contribution in [0.4, 0.5) is 8.78 Å². The minimum atomic E-state index is -0.526. The summed E-state index contributed by atoms with van der Waals surface area (Å²) >= 11 is 0. The summed E-state index contributed by atoms with van der Waals surface area (Å²) in [6, 6.07) is 3.59. The molecule has 1 atom stereocenters. The lowest BCUT2D eigenvalue weighted by atomic mass is 10.1. The number of hydrogen-bond donors (Lipinski definition) is 1. The van der Waals surface area contributed by atoms with Crippen molar-refractivity contribution in [3.05, 3.63) is 35.4 Å². The number of likely N-dealkylation sites (N-methyl/N-ethyl adjacent to an activating group) is 1. The van der Waals surface area contributed by atoms with Crippen LogP contribution in [0.3, 0.4) is 0 Å². The van der Waals surface area contributed by atoms with Crippen LogP contribution in [-0.2, 0) is 0 Å². The van der Waals surface area contributed by atoms with E-state index in [0.29, 0.717) is 5.56 Å². The van der Waals surface area contributed by atoms with Crippen molar-refractivity contribution in [2.24, 2.45) is 0 Å². The summed E-state index contributed by atoms with van der Waals surface area (Å²) in [6.07, 6.45) is 0. The van der Waals surface area contributed by atoms with Gasteiger partial charge in [0.25, 0.3) is 0 Å². The number of rotatable bonds is 7. The van der Waals surface area contributed by atoms with Gasteiger partial charge < -0.3 is 10.2 Å². The Bertz CT molecular complexity index is 345. The van der Waals surface area contributed by atoms with E-state index in [9.17, 15) is 8.78 Å². The van der Waals surface area contributed by atoms with E-state index in [2.05, 4.69) is 24.1 Å². The van der Waals surface area contributed by atoms with Crippen LogP contribution in [0, 0.1) is 11.6 Å². The van der Waals surface area contributed by atoms with Gasteiger partial charge in [0.15, 0.2) is 0 Å². The Balaban J connectivity index is 2.47. The van der Waals surface area contributed by atoms with Gasteiger partial charge in [0.2, 0.25) is 0 Å². The van der Waals surface area contributed by atoms with Crippen molar-refractivity contribution in [1.82, 2.24) is 10.2 Å². The molecule has 4 heteroatoms. The van der Waals surface area contributed by atoms with Crippen LogP contribution in [0.5, 0.6) is 0 Å². The van der Waals surface area contributed by atoms with Crippen molar-refractivity contribution in [3.63, 3.8) is 0 Å². The second kappa shape index (κ2) is 7.44. The Morgan fingerprint density at radius 1 is 1.11 bits per heavy atom. The quantitative estimate of drug-likeness (QED) is 0.807. The van der Waals surface area contributed by atoms with Gasteiger partial charge in [-0.25, -0.2) is 8.78 Å². The molecule has 0 bridgehead atoms. The highest BCUT2D eigenvalue weighted by atomic mass is 19.1. The minimum Gasteiger partial charge on any atom is -0.309 e. The lowest BCUT2D eigenvalue weighted by molar-refractivity contribution is 0.298. The predicted octanol–water partition coefficient (Wildman–Crippen LogP) is 2.96. The number of hydrogen-bond acceptors (Lipinski definition) is 2. The third-order valence-electron chi connectivity index (χ3n) is 3.16. The van der Waals surface area contributed by atoms with Gasteiger partial charge in [-0.05, 0) is 37.7 Å². The summed E-state index contributed by atoms with van der Waals surface area (Å²) in [4.78, 5) is 2.30. The monoisotopic (exact) mass is 256 g/mol. The largest absolute Gasteiger partial charge is 0.309 e. The number of halogens is 2. The van der Waals surface area contributed by atoms with Gasteiger partial charge >= 0.3 is 0 Å². The Morgan fingerprint density at radius 2 is 1.67 bits per heavy atom. The Hall–Kier alpha value is -1.00. The van der Waals surface area contributed by atoms with Crippen molar-refractivity contribution < 1.29 is 8.78 Å². The van der Waals surface area contributed by atoms with Gasteiger partial charge in [-0.15, -0.1) is 0 Å². The fraction of sp³-hybridized carbons (Fsp3) is 0.571. The van der Waals surface area contributed by atoms with Gasteiger partial charge in [-0.3, -0.25) is 0 Å². The molecule has 1 aromatic rings. The number of benzene rings is 1. The van der Waals surface area contributed by atoms with Crippen LogP contribution in [0.15, 0.2) is 18.2 Å². The van der Waals surface area contributed by atoms with E-state index < -0.39 is 11.6 Å². The molecule has 1 N–H and O–H groups in total. The van der Waals surface area contributed by atoms with Crippen LogP contribution >= 0.6 is 0 Å². The Kier molecular flexibility index (Phi) is 6.22. The van der Waals surface area contributed by atoms with Crippen molar-refractivity contribution in [2.75, 3.05) is 26.2 Å². The zero-order valence-corrected chi connectivity index (χ0v) is 11.3. The normalized spacial score (nSPS) is 13.0. The molecule has 18 heavy (non-hydrogen) atoms. The van der Waals surface area contributed by atoms with Crippen LogP contribution < -0.4 is 5.32 Å². The predicted molar refractivity (Wildman–Crippen MR) is 70.6 cm³/mol. The highest BCUT2D eigenvalue weighted by molar-refractivity contribution is 5.20. The molecule has 0 amide bonds. The molecule has 102 valence electrons. The SMILES string of the molecule is CCN(CC)CCNC(C)c1cc(F)cc(F)c1. The molecule has 0 aliphatic carbocycles. The molecule has 2 nitrogen and oxygen atoms in total. The molecule has 0 radical (unpaired) electrons. The first-order chi connectivity index (χ1) is 8.56. The van der Waals surface area contributed by atoms with Crippen molar-refractivity contribution in [2.45, 2.75) is 26.8 Å². The van der Waals surface area contributed by atoms with Gasteiger partial charge in [0.05, 0.1) is 0 Å². The minimum absolute atomic E-state index is 0.0502. The Labute approximate surface area is 108 Å². The van der Waals surface area contributed by atoms with Gasteiger partial charge in [-0.1, -0.05) is 13.8 Å². The zero-order valence-electron chi connectivity index (χ0n) is 11.3. The maximum atomic E-state index is 13.1. The third kappa shape index (κ3) is 4.70. The first kappa shape index (κ1) is 15.1. The number of nitrogens with one attached hydrogen (secondary N) is 1. The van der Waals surface area contributed by atoms with E-state index in [1.807, 2.05) is 6.92 Å². The summed E-state index contributed by atoms with van der Waals surface area (Å²) in [5.41, 5.74) is 0.645. The third-order valence-corrected chi connectivity index (χ3v) is 3.16.